The standard InChI is InChI=1S/C21H20N2O4/c1-21-12-23(20(26)13-6-5-7-14(10-13)27-2)11-17(21)22-19(25)16-9-4-3-8-15(16)18(21)24/h3-10,17H,11-12H2,1-2H3,(H,22,25)/t17-,21+/m1/s1. The number of carbonyl (C=O) groups excluding carboxylic acids is 3. The number of ketones is 1. The lowest BCUT2D eigenvalue weighted by atomic mass is 9.78. The van der Waals surface area contributed by atoms with Crippen molar-refractivity contribution in [1.82, 2.24) is 10.2 Å². The molecule has 2 aliphatic heterocycles. The van der Waals surface area contributed by atoms with E-state index < -0.39 is 11.5 Å². The number of methoxy groups -OCH3 is 1. The summed E-state index contributed by atoms with van der Waals surface area (Å²) in [4.78, 5) is 40.4. The lowest BCUT2D eigenvalue weighted by Gasteiger charge is -2.26. The topological polar surface area (TPSA) is 75.7 Å². The average Bonchev–Trinajstić information content (AvgIpc) is 3.00. The molecule has 2 aliphatic rings. The van der Waals surface area contributed by atoms with Crippen LogP contribution in [0.2, 0.25) is 0 Å². The van der Waals surface area contributed by atoms with Crippen molar-refractivity contribution in [3.63, 3.8) is 0 Å². The molecule has 0 saturated carbocycles. The fraction of sp³-hybridized carbons (Fsp3) is 0.286. The van der Waals surface area contributed by atoms with Gasteiger partial charge in [0.25, 0.3) is 11.8 Å². The second-order valence-electron chi connectivity index (χ2n) is 7.24. The van der Waals surface area contributed by atoms with Gasteiger partial charge in [0.1, 0.15) is 5.75 Å². The zero-order chi connectivity index (χ0) is 19.2. The van der Waals surface area contributed by atoms with Gasteiger partial charge in [0.15, 0.2) is 5.78 Å². The summed E-state index contributed by atoms with van der Waals surface area (Å²) in [5, 5.41) is 2.95. The number of fused-ring (bicyclic) bond motifs is 2. The molecule has 2 aromatic carbocycles. The van der Waals surface area contributed by atoms with Crippen LogP contribution in [0.4, 0.5) is 0 Å². The fourth-order valence-electron chi connectivity index (χ4n) is 3.94. The fourth-order valence-corrected chi connectivity index (χ4v) is 3.94. The smallest absolute Gasteiger partial charge is 0.254 e. The van der Waals surface area contributed by atoms with Crippen LogP contribution in [0.1, 0.15) is 38.0 Å². The highest BCUT2D eigenvalue weighted by atomic mass is 16.5. The maximum Gasteiger partial charge on any atom is 0.254 e. The molecule has 27 heavy (non-hydrogen) atoms. The molecule has 0 aromatic heterocycles. The molecular weight excluding hydrogens is 344 g/mol. The second-order valence-corrected chi connectivity index (χ2v) is 7.24. The molecule has 2 amide bonds. The molecule has 0 unspecified atom stereocenters. The molecule has 0 bridgehead atoms. The number of ether oxygens (including phenoxy) is 1. The highest BCUT2D eigenvalue weighted by molar-refractivity contribution is 6.13. The van der Waals surface area contributed by atoms with Crippen LogP contribution in [0.3, 0.4) is 0 Å². The van der Waals surface area contributed by atoms with Crippen molar-refractivity contribution in [2.45, 2.75) is 13.0 Å². The van der Waals surface area contributed by atoms with Gasteiger partial charge in [-0.05, 0) is 31.2 Å². The summed E-state index contributed by atoms with van der Waals surface area (Å²) in [5.74, 6) is 0.0306. The number of carbonyl (C=O) groups is 3. The van der Waals surface area contributed by atoms with Gasteiger partial charge in [-0.25, -0.2) is 0 Å². The first-order valence-electron chi connectivity index (χ1n) is 8.82. The molecule has 0 spiro atoms. The van der Waals surface area contributed by atoms with E-state index in [1.807, 2.05) is 6.92 Å². The minimum atomic E-state index is -0.864. The number of Topliss-reactive ketones (excluding diaryl/α,β-unsaturated/α-hetero) is 1. The van der Waals surface area contributed by atoms with E-state index in [-0.39, 0.29) is 30.7 Å². The number of benzene rings is 2. The largest absolute Gasteiger partial charge is 0.497 e. The SMILES string of the molecule is COc1cccc(C(=O)N2C[C@H]3NC(=O)c4ccccc4C(=O)[C@@]3(C)C2)c1. The number of amides is 2. The molecule has 4 rings (SSSR count). The molecule has 1 fully saturated rings. The molecule has 0 aliphatic carbocycles. The Bertz CT molecular complexity index is 955. The van der Waals surface area contributed by atoms with Crippen molar-refractivity contribution in [2.75, 3.05) is 20.2 Å². The van der Waals surface area contributed by atoms with Gasteiger partial charge < -0.3 is 15.0 Å². The molecule has 6 heteroatoms. The Hall–Kier alpha value is -3.15. The van der Waals surface area contributed by atoms with Crippen molar-refractivity contribution >= 4 is 17.6 Å². The van der Waals surface area contributed by atoms with E-state index in [1.165, 1.54) is 0 Å². The Kier molecular flexibility index (Phi) is 3.98. The monoisotopic (exact) mass is 364 g/mol. The first-order valence-corrected chi connectivity index (χ1v) is 8.82. The van der Waals surface area contributed by atoms with Crippen LogP contribution in [-0.4, -0.2) is 48.7 Å². The summed E-state index contributed by atoms with van der Waals surface area (Å²) in [6.45, 7) is 2.36. The molecule has 2 atom stereocenters. The lowest BCUT2D eigenvalue weighted by Crippen LogP contribution is -2.47. The zero-order valence-corrected chi connectivity index (χ0v) is 15.2. The molecule has 6 nitrogen and oxygen atoms in total. The van der Waals surface area contributed by atoms with E-state index in [0.29, 0.717) is 22.4 Å². The normalized spacial score (nSPS) is 23.9. The molecule has 0 radical (unpaired) electrons. The zero-order valence-electron chi connectivity index (χ0n) is 15.2. The maximum absolute atomic E-state index is 13.2. The number of nitrogens with zero attached hydrogens (tertiary/aromatic N) is 1. The first kappa shape index (κ1) is 17.3. The Labute approximate surface area is 157 Å². The maximum atomic E-state index is 13.2. The van der Waals surface area contributed by atoms with Crippen LogP contribution in [0, 0.1) is 5.41 Å². The van der Waals surface area contributed by atoms with E-state index in [4.69, 9.17) is 4.74 Å². The van der Waals surface area contributed by atoms with Gasteiger partial charge in [0.05, 0.1) is 24.1 Å². The molecular formula is C21H20N2O4. The summed E-state index contributed by atoms with van der Waals surface area (Å²) < 4.78 is 5.19. The van der Waals surface area contributed by atoms with Gasteiger partial charge >= 0.3 is 0 Å². The summed E-state index contributed by atoms with van der Waals surface area (Å²) >= 11 is 0. The molecule has 1 saturated heterocycles. The van der Waals surface area contributed by atoms with Gasteiger partial charge in [-0.15, -0.1) is 0 Å². The van der Waals surface area contributed by atoms with Crippen molar-refractivity contribution in [2.24, 2.45) is 5.41 Å². The average molecular weight is 364 g/mol. The Morgan fingerprint density at radius 2 is 1.89 bits per heavy atom. The molecule has 138 valence electrons. The van der Waals surface area contributed by atoms with Gasteiger partial charge in [0, 0.05) is 24.2 Å². The number of likely N-dealkylation sites (tertiary alicyclic amines) is 1. The first-order chi connectivity index (χ1) is 12.9. The Balaban J connectivity index is 1.67. The predicted molar refractivity (Wildman–Crippen MR) is 99.0 cm³/mol. The third-order valence-corrected chi connectivity index (χ3v) is 5.54. The van der Waals surface area contributed by atoms with Gasteiger partial charge in [-0.1, -0.05) is 24.3 Å². The van der Waals surface area contributed by atoms with Crippen LogP contribution in [0.25, 0.3) is 0 Å². The Morgan fingerprint density at radius 3 is 2.63 bits per heavy atom. The van der Waals surface area contributed by atoms with Crippen LogP contribution in [0.15, 0.2) is 48.5 Å². The van der Waals surface area contributed by atoms with Crippen molar-refractivity contribution in [3.8, 4) is 5.75 Å². The minimum absolute atomic E-state index is 0.109. The third-order valence-electron chi connectivity index (χ3n) is 5.54. The lowest BCUT2D eigenvalue weighted by molar-refractivity contribution is 0.0739. The van der Waals surface area contributed by atoms with Crippen LogP contribution in [-0.2, 0) is 0 Å². The molecule has 2 heterocycles. The van der Waals surface area contributed by atoms with Gasteiger partial charge in [0.2, 0.25) is 0 Å². The van der Waals surface area contributed by atoms with Crippen molar-refractivity contribution < 1.29 is 19.1 Å². The van der Waals surface area contributed by atoms with Crippen molar-refractivity contribution in [3.05, 3.63) is 65.2 Å². The predicted octanol–water partition coefficient (Wildman–Crippen LogP) is 2.15. The van der Waals surface area contributed by atoms with E-state index in [2.05, 4.69) is 5.32 Å². The van der Waals surface area contributed by atoms with Crippen LogP contribution in [0.5, 0.6) is 5.75 Å². The molecule has 1 N–H and O–H groups in total. The van der Waals surface area contributed by atoms with Crippen molar-refractivity contribution in [1.29, 1.82) is 0 Å². The Morgan fingerprint density at radius 1 is 1.15 bits per heavy atom. The van der Waals surface area contributed by atoms with Crippen LogP contribution < -0.4 is 10.1 Å². The quantitative estimate of drug-likeness (QED) is 0.886. The van der Waals surface area contributed by atoms with E-state index in [9.17, 15) is 14.4 Å². The third kappa shape index (κ3) is 2.68. The number of hydrogen-bond donors (Lipinski definition) is 1. The summed E-state index contributed by atoms with van der Waals surface area (Å²) in [6.07, 6.45) is 0. The second kappa shape index (κ2) is 6.23. The number of nitrogens with one attached hydrogen (secondary N) is 1. The van der Waals surface area contributed by atoms with Gasteiger partial charge in [-0.3, -0.25) is 14.4 Å². The minimum Gasteiger partial charge on any atom is -0.497 e. The summed E-state index contributed by atoms with van der Waals surface area (Å²) in [5.41, 5.74) is 0.435. The van der Waals surface area contributed by atoms with E-state index in [1.54, 1.807) is 60.5 Å². The van der Waals surface area contributed by atoms with E-state index >= 15 is 0 Å². The number of rotatable bonds is 2. The van der Waals surface area contributed by atoms with Gasteiger partial charge in [-0.2, -0.15) is 0 Å². The van der Waals surface area contributed by atoms with Crippen LogP contribution >= 0.6 is 0 Å². The highest BCUT2D eigenvalue weighted by Crippen LogP contribution is 2.37. The summed E-state index contributed by atoms with van der Waals surface area (Å²) in [6, 6.07) is 13.3. The van der Waals surface area contributed by atoms with E-state index in [0.717, 1.165) is 0 Å². The summed E-state index contributed by atoms with van der Waals surface area (Å²) in [7, 11) is 1.55. The molecule has 2 aromatic rings. The highest BCUT2D eigenvalue weighted by Gasteiger charge is 2.52. The number of hydrogen-bond acceptors (Lipinski definition) is 4.